The second-order valence-electron chi connectivity index (χ2n) is 5.45. The first kappa shape index (κ1) is 15.9. The smallest absolute Gasteiger partial charge is 0.214 e. The minimum atomic E-state index is -3.29. The van der Waals surface area contributed by atoms with Crippen molar-refractivity contribution in [1.82, 2.24) is 4.72 Å². The molecule has 0 aromatic rings. The zero-order valence-corrected chi connectivity index (χ0v) is 12.2. The number of nitrogens with two attached hydrogens (primary N) is 1. The van der Waals surface area contributed by atoms with Gasteiger partial charge in [-0.1, -0.05) is 13.8 Å². The lowest BCUT2D eigenvalue weighted by Crippen LogP contribution is -2.44. The molecule has 1 fully saturated rings. The summed E-state index contributed by atoms with van der Waals surface area (Å²) in [4.78, 5) is 0. The van der Waals surface area contributed by atoms with Gasteiger partial charge in [0.25, 0.3) is 0 Å². The van der Waals surface area contributed by atoms with Crippen LogP contribution in [0, 0.1) is 5.92 Å². The van der Waals surface area contributed by atoms with Gasteiger partial charge in [-0.05, 0) is 31.6 Å². The zero-order chi connectivity index (χ0) is 13.6. The van der Waals surface area contributed by atoms with Gasteiger partial charge in [0, 0.05) is 19.2 Å². The van der Waals surface area contributed by atoms with Crippen LogP contribution in [0.15, 0.2) is 0 Å². The van der Waals surface area contributed by atoms with Crippen LogP contribution in [0.25, 0.3) is 0 Å². The number of nitrogens with one attached hydrogen (secondary N) is 1. The highest BCUT2D eigenvalue weighted by molar-refractivity contribution is 7.89. The molecule has 0 bridgehead atoms. The Kier molecular flexibility index (Phi) is 6.55. The van der Waals surface area contributed by atoms with Crippen molar-refractivity contribution in [3.63, 3.8) is 0 Å². The van der Waals surface area contributed by atoms with E-state index in [1.807, 2.05) is 0 Å². The highest BCUT2D eigenvalue weighted by Crippen LogP contribution is 2.14. The molecule has 0 aliphatic carbocycles. The van der Waals surface area contributed by atoms with Crippen LogP contribution in [0.3, 0.4) is 0 Å². The molecule has 6 heteroatoms. The Bertz CT molecular complexity index is 324. The van der Waals surface area contributed by atoms with E-state index in [4.69, 9.17) is 10.5 Å². The molecule has 3 N–H and O–H groups in total. The normalized spacial score (nSPS) is 23.2. The Morgan fingerprint density at radius 2 is 2.11 bits per heavy atom. The number of ether oxygens (including phenoxy) is 1. The summed E-state index contributed by atoms with van der Waals surface area (Å²) < 4.78 is 32.2. The second kappa shape index (κ2) is 7.43. The first-order chi connectivity index (χ1) is 8.43. The van der Waals surface area contributed by atoms with Gasteiger partial charge in [-0.3, -0.25) is 0 Å². The quantitative estimate of drug-likeness (QED) is 0.723. The van der Waals surface area contributed by atoms with Crippen molar-refractivity contribution in [3.8, 4) is 0 Å². The summed E-state index contributed by atoms with van der Waals surface area (Å²) >= 11 is 0. The lowest BCUT2D eigenvalue weighted by atomic mass is 10.1. The van der Waals surface area contributed by atoms with Gasteiger partial charge in [0.1, 0.15) is 0 Å². The van der Waals surface area contributed by atoms with Crippen LogP contribution >= 0.6 is 0 Å². The number of hydrogen-bond donors (Lipinski definition) is 2. The van der Waals surface area contributed by atoms with E-state index >= 15 is 0 Å². The SMILES string of the molecule is CC(C)C[C@H](CN)NS(=O)(=O)C[C@@H]1CCCCO1. The average Bonchev–Trinajstić information content (AvgIpc) is 2.27. The maximum atomic E-state index is 12.0. The van der Waals surface area contributed by atoms with Gasteiger partial charge in [0.2, 0.25) is 10.0 Å². The van der Waals surface area contributed by atoms with Crippen LogP contribution in [0.1, 0.15) is 39.5 Å². The minimum Gasteiger partial charge on any atom is -0.377 e. The van der Waals surface area contributed by atoms with Crippen LogP contribution in [-0.2, 0) is 14.8 Å². The molecule has 0 aromatic carbocycles. The second-order valence-corrected chi connectivity index (χ2v) is 7.25. The summed E-state index contributed by atoms with van der Waals surface area (Å²) in [5.74, 6) is 0.480. The number of rotatable bonds is 7. The van der Waals surface area contributed by atoms with Crippen LogP contribution in [-0.4, -0.2) is 39.5 Å². The highest BCUT2D eigenvalue weighted by Gasteiger charge is 2.24. The summed E-state index contributed by atoms with van der Waals surface area (Å²) in [7, 11) is -3.29. The Morgan fingerprint density at radius 3 is 2.61 bits per heavy atom. The minimum absolute atomic E-state index is 0.0571. The first-order valence-corrected chi connectivity index (χ1v) is 8.40. The molecule has 0 amide bonds. The van der Waals surface area contributed by atoms with E-state index in [9.17, 15) is 8.42 Å². The van der Waals surface area contributed by atoms with E-state index in [1.54, 1.807) is 0 Å². The molecule has 1 aliphatic heterocycles. The van der Waals surface area contributed by atoms with E-state index < -0.39 is 10.0 Å². The molecule has 1 rings (SSSR count). The summed E-state index contributed by atoms with van der Waals surface area (Å²) in [6.07, 6.45) is 3.52. The Morgan fingerprint density at radius 1 is 1.39 bits per heavy atom. The molecule has 0 saturated carbocycles. The van der Waals surface area contributed by atoms with Crippen molar-refractivity contribution >= 4 is 10.0 Å². The monoisotopic (exact) mass is 278 g/mol. The maximum Gasteiger partial charge on any atom is 0.214 e. The standard InChI is InChI=1S/C12H26N2O3S/c1-10(2)7-11(8-13)14-18(15,16)9-12-5-3-4-6-17-12/h10-12,14H,3-9,13H2,1-2H3/t11-,12+/m1/s1. The Balaban J connectivity index is 2.46. The first-order valence-electron chi connectivity index (χ1n) is 6.74. The van der Waals surface area contributed by atoms with Gasteiger partial charge in [0.05, 0.1) is 11.9 Å². The fraction of sp³-hybridized carbons (Fsp3) is 1.00. The Labute approximate surface area is 111 Å². The van der Waals surface area contributed by atoms with Crippen molar-refractivity contribution in [2.24, 2.45) is 11.7 Å². The predicted molar refractivity (Wildman–Crippen MR) is 72.8 cm³/mol. The van der Waals surface area contributed by atoms with Crippen molar-refractivity contribution in [3.05, 3.63) is 0 Å². The molecule has 1 saturated heterocycles. The van der Waals surface area contributed by atoms with Crippen molar-refractivity contribution in [1.29, 1.82) is 0 Å². The third-order valence-corrected chi connectivity index (χ3v) is 4.57. The maximum absolute atomic E-state index is 12.0. The summed E-state index contributed by atoms with van der Waals surface area (Å²) in [6.45, 7) is 5.12. The van der Waals surface area contributed by atoms with Gasteiger partial charge in [-0.15, -0.1) is 0 Å². The fourth-order valence-electron chi connectivity index (χ4n) is 2.25. The molecule has 2 atom stereocenters. The molecular weight excluding hydrogens is 252 g/mol. The lowest BCUT2D eigenvalue weighted by molar-refractivity contribution is 0.0303. The molecule has 1 aliphatic rings. The van der Waals surface area contributed by atoms with E-state index in [0.29, 0.717) is 19.1 Å². The van der Waals surface area contributed by atoms with Gasteiger partial charge >= 0.3 is 0 Å². The summed E-state index contributed by atoms with van der Waals surface area (Å²) in [5.41, 5.74) is 5.60. The van der Waals surface area contributed by atoms with E-state index in [1.165, 1.54) is 0 Å². The molecule has 0 unspecified atom stereocenters. The van der Waals surface area contributed by atoms with E-state index in [2.05, 4.69) is 18.6 Å². The highest BCUT2D eigenvalue weighted by atomic mass is 32.2. The number of hydrogen-bond acceptors (Lipinski definition) is 4. The largest absolute Gasteiger partial charge is 0.377 e. The average molecular weight is 278 g/mol. The van der Waals surface area contributed by atoms with Crippen molar-refractivity contribution < 1.29 is 13.2 Å². The Hall–Kier alpha value is -0.170. The molecule has 5 nitrogen and oxygen atoms in total. The third-order valence-electron chi connectivity index (χ3n) is 3.07. The molecule has 1 heterocycles. The summed E-state index contributed by atoms with van der Waals surface area (Å²) in [6, 6.07) is -0.168. The topological polar surface area (TPSA) is 81.4 Å². The fourth-order valence-corrected chi connectivity index (χ4v) is 3.80. The molecule has 108 valence electrons. The lowest BCUT2D eigenvalue weighted by Gasteiger charge is -2.24. The zero-order valence-electron chi connectivity index (χ0n) is 11.4. The van der Waals surface area contributed by atoms with Gasteiger partial charge in [0.15, 0.2) is 0 Å². The molecule has 0 spiro atoms. The van der Waals surface area contributed by atoms with Gasteiger partial charge in [-0.2, -0.15) is 0 Å². The predicted octanol–water partition coefficient (Wildman–Crippen LogP) is 0.848. The van der Waals surface area contributed by atoms with Gasteiger partial charge < -0.3 is 10.5 Å². The van der Waals surface area contributed by atoms with Crippen LogP contribution in [0.5, 0.6) is 0 Å². The number of sulfonamides is 1. The molecule has 0 radical (unpaired) electrons. The molecule has 0 aromatic heterocycles. The molecule has 18 heavy (non-hydrogen) atoms. The summed E-state index contributed by atoms with van der Waals surface area (Å²) in [5, 5.41) is 0. The third kappa shape index (κ3) is 6.13. The van der Waals surface area contributed by atoms with Gasteiger partial charge in [-0.25, -0.2) is 13.1 Å². The van der Waals surface area contributed by atoms with Crippen LogP contribution in [0.4, 0.5) is 0 Å². The molecular formula is C12H26N2O3S. The van der Waals surface area contributed by atoms with Crippen molar-refractivity contribution in [2.75, 3.05) is 18.9 Å². The van der Waals surface area contributed by atoms with E-state index in [-0.39, 0.29) is 17.9 Å². The van der Waals surface area contributed by atoms with Crippen LogP contribution < -0.4 is 10.5 Å². The van der Waals surface area contributed by atoms with E-state index in [0.717, 1.165) is 25.7 Å². The van der Waals surface area contributed by atoms with Crippen LogP contribution in [0.2, 0.25) is 0 Å². The van der Waals surface area contributed by atoms with Crippen molar-refractivity contribution in [2.45, 2.75) is 51.7 Å².